The Balaban J connectivity index is 3.25. The molecule has 0 saturated carbocycles. The molecule has 0 aliphatic rings. The number of rotatable bonds is 22. The zero-order valence-corrected chi connectivity index (χ0v) is 20.6. The molecule has 0 saturated heterocycles. The lowest BCUT2D eigenvalue weighted by atomic mass is 9.96. The van der Waals surface area contributed by atoms with E-state index in [1.807, 2.05) is 0 Å². The average molecular weight is 421 g/mol. The maximum absolute atomic E-state index is 11.0. The van der Waals surface area contributed by atoms with Crippen LogP contribution in [0, 0.1) is 5.92 Å². The summed E-state index contributed by atoms with van der Waals surface area (Å²) in [5.41, 5.74) is 0. The van der Waals surface area contributed by atoms with Crippen molar-refractivity contribution in [3.8, 4) is 0 Å². The molecule has 0 bridgehead atoms. The molecule has 0 aromatic heterocycles. The first-order valence-corrected chi connectivity index (χ1v) is 13.1. The summed E-state index contributed by atoms with van der Waals surface area (Å²) in [5.74, 6) is 0.833. The number of carbonyl (C=O) groups excluding carboxylic acids is 1. The zero-order valence-electron chi connectivity index (χ0n) is 20.6. The number of carbonyl (C=O) groups is 1. The highest BCUT2D eigenvalue weighted by atomic mass is 16.5. The average Bonchev–Trinajstić information content (AvgIpc) is 2.75. The highest BCUT2D eigenvalue weighted by Crippen LogP contribution is 2.18. The first-order valence-electron chi connectivity index (χ1n) is 13.1. The van der Waals surface area contributed by atoms with Crippen molar-refractivity contribution in [1.29, 1.82) is 0 Å². The fourth-order valence-electron chi connectivity index (χ4n) is 3.83. The fourth-order valence-corrected chi connectivity index (χ4v) is 3.83. The smallest absolute Gasteiger partial charge is 0.305 e. The van der Waals surface area contributed by atoms with Crippen molar-refractivity contribution in [3.63, 3.8) is 0 Å². The van der Waals surface area contributed by atoms with Crippen LogP contribution < -0.4 is 0 Å². The number of allylic oxidation sites excluding steroid dienone is 4. The molecule has 176 valence electrons. The third kappa shape index (κ3) is 23.2. The minimum Gasteiger partial charge on any atom is -0.469 e. The molecular formula is C28H52O2. The SMILES string of the molecule is CCCCCCC(C)CCCCCCCCCC=CCCC=CCCCC(=O)OC. The summed E-state index contributed by atoms with van der Waals surface area (Å²) >= 11 is 0. The molecule has 0 heterocycles. The minimum absolute atomic E-state index is 0.107. The van der Waals surface area contributed by atoms with Gasteiger partial charge in [0, 0.05) is 6.42 Å². The number of unbranched alkanes of at least 4 members (excludes halogenated alkanes) is 12. The lowest BCUT2D eigenvalue weighted by Crippen LogP contribution is -1.98. The van der Waals surface area contributed by atoms with E-state index in [9.17, 15) is 4.79 Å². The summed E-state index contributed by atoms with van der Waals surface area (Å²) in [6, 6.07) is 0. The third-order valence-corrected chi connectivity index (χ3v) is 5.93. The summed E-state index contributed by atoms with van der Waals surface area (Å²) in [6.45, 7) is 4.74. The van der Waals surface area contributed by atoms with Gasteiger partial charge in [-0.3, -0.25) is 4.79 Å². The van der Waals surface area contributed by atoms with Crippen molar-refractivity contribution in [2.24, 2.45) is 5.92 Å². The van der Waals surface area contributed by atoms with Gasteiger partial charge in [-0.15, -0.1) is 0 Å². The second-order valence-corrected chi connectivity index (χ2v) is 9.00. The van der Waals surface area contributed by atoms with E-state index in [1.165, 1.54) is 97.0 Å². The highest BCUT2D eigenvalue weighted by Gasteiger charge is 2.01. The quantitative estimate of drug-likeness (QED) is 0.0990. The molecule has 0 aromatic carbocycles. The fraction of sp³-hybridized carbons (Fsp3) is 0.821. The molecule has 0 aliphatic carbocycles. The number of hydrogen-bond acceptors (Lipinski definition) is 2. The molecule has 30 heavy (non-hydrogen) atoms. The summed E-state index contributed by atoms with van der Waals surface area (Å²) in [7, 11) is 1.45. The van der Waals surface area contributed by atoms with Gasteiger partial charge in [-0.1, -0.05) is 115 Å². The van der Waals surface area contributed by atoms with Gasteiger partial charge in [0.25, 0.3) is 0 Å². The van der Waals surface area contributed by atoms with E-state index in [2.05, 4.69) is 42.9 Å². The van der Waals surface area contributed by atoms with Crippen LogP contribution in [0.3, 0.4) is 0 Å². The standard InChI is InChI=1S/C28H52O2/c1-4-5-6-21-24-27(2)25-22-19-17-15-13-11-9-7-8-10-12-14-16-18-20-23-26-28(29)30-3/h8,10,16,18,27H,4-7,9,11-15,17,19-26H2,1-3H3. The van der Waals surface area contributed by atoms with Crippen molar-refractivity contribution in [1.82, 2.24) is 0 Å². The van der Waals surface area contributed by atoms with Crippen LogP contribution in [0.25, 0.3) is 0 Å². The van der Waals surface area contributed by atoms with E-state index >= 15 is 0 Å². The van der Waals surface area contributed by atoms with Gasteiger partial charge in [-0.25, -0.2) is 0 Å². The molecule has 0 amide bonds. The molecule has 0 aliphatic heterocycles. The van der Waals surface area contributed by atoms with E-state index in [0.29, 0.717) is 6.42 Å². The molecular weight excluding hydrogens is 368 g/mol. The molecule has 0 fully saturated rings. The Hall–Kier alpha value is -1.05. The Morgan fingerprint density at radius 2 is 1.13 bits per heavy atom. The highest BCUT2D eigenvalue weighted by molar-refractivity contribution is 5.69. The maximum Gasteiger partial charge on any atom is 0.305 e. The summed E-state index contributed by atoms with van der Waals surface area (Å²) in [6.07, 6.45) is 33.4. The predicted molar refractivity (Wildman–Crippen MR) is 133 cm³/mol. The van der Waals surface area contributed by atoms with Gasteiger partial charge in [-0.2, -0.15) is 0 Å². The van der Waals surface area contributed by atoms with Crippen molar-refractivity contribution in [3.05, 3.63) is 24.3 Å². The first kappa shape index (κ1) is 28.9. The molecule has 0 radical (unpaired) electrons. The summed E-state index contributed by atoms with van der Waals surface area (Å²) < 4.78 is 4.63. The van der Waals surface area contributed by atoms with Crippen LogP contribution in [0.1, 0.15) is 136 Å². The Labute approximate surface area is 188 Å². The molecule has 2 heteroatoms. The van der Waals surface area contributed by atoms with Crippen LogP contribution in [0.5, 0.6) is 0 Å². The van der Waals surface area contributed by atoms with Crippen LogP contribution in [0.15, 0.2) is 24.3 Å². The first-order chi connectivity index (χ1) is 14.7. The number of ether oxygens (including phenoxy) is 1. The van der Waals surface area contributed by atoms with Crippen molar-refractivity contribution in [2.45, 2.75) is 136 Å². The molecule has 0 spiro atoms. The van der Waals surface area contributed by atoms with Gasteiger partial charge in [0.15, 0.2) is 0 Å². The number of esters is 1. The third-order valence-electron chi connectivity index (χ3n) is 5.93. The molecule has 0 aromatic rings. The Kier molecular flexibility index (Phi) is 23.4. The molecule has 1 unspecified atom stereocenters. The van der Waals surface area contributed by atoms with Crippen molar-refractivity contribution >= 4 is 5.97 Å². The zero-order chi connectivity index (χ0) is 22.1. The summed E-state index contributed by atoms with van der Waals surface area (Å²) in [4.78, 5) is 11.0. The number of hydrogen-bond donors (Lipinski definition) is 0. The van der Waals surface area contributed by atoms with Crippen LogP contribution >= 0.6 is 0 Å². The Morgan fingerprint density at radius 1 is 0.667 bits per heavy atom. The van der Waals surface area contributed by atoms with E-state index < -0.39 is 0 Å². The van der Waals surface area contributed by atoms with Crippen molar-refractivity contribution in [2.75, 3.05) is 7.11 Å². The van der Waals surface area contributed by atoms with Crippen LogP contribution in [0.2, 0.25) is 0 Å². The largest absolute Gasteiger partial charge is 0.469 e. The lowest BCUT2D eigenvalue weighted by molar-refractivity contribution is -0.140. The second-order valence-electron chi connectivity index (χ2n) is 9.00. The molecule has 1 atom stereocenters. The van der Waals surface area contributed by atoms with Crippen LogP contribution in [-0.4, -0.2) is 13.1 Å². The van der Waals surface area contributed by atoms with Crippen LogP contribution in [0.4, 0.5) is 0 Å². The normalized spacial score (nSPS) is 12.8. The predicted octanol–water partition coefficient (Wildman–Crippen LogP) is 9.34. The Morgan fingerprint density at radius 3 is 1.70 bits per heavy atom. The van der Waals surface area contributed by atoms with E-state index in [0.717, 1.165) is 31.6 Å². The van der Waals surface area contributed by atoms with Gasteiger partial charge in [0.1, 0.15) is 0 Å². The Bertz CT molecular complexity index is 411. The van der Waals surface area contributed by atoms with Gasteiger partial charge in [0.05, 0.1) is 7.11 Å². The molecule has 0 rings (SSSR count). The van der Waals surface area contributed by atoms with Gasteiger partial charge in [-0.05, 0) is 44.4 Å². The maximum atomic E-state index is 11.0. The molecule has 2 nitrogen and oxygen atoms in total. The topological polar surface area (TPSA) is 26.3 Å². The molecule has 0 N–H and O–H groups in total. The second kappa shape index (κ2) is 24.2. The lowest BCUT2D eigenvalue weighted by Gasteiger charge is -2.10. The van der Waals surface area contributed by atoms with Gasteiger partial charge < -0.3 is 4.74 Å². The van der Waals surface area contributed by atoms with E-state index in [-0.39, 0.29) is 5.97 Å². The van der Waals surface area contributed by atoms with Crippen molar-refractivity contribution < 1.29 is 9.53 Å². The van der Waals surface area contributed by atoms with Crippen LogP contribution in [-0.2, 0) is 9.53 Å². The summed E-state index contributed by atoms with van der Waals surface area (Å²) in [5, 5.41) is 0. The monoisotopic (exact) mass is 420 g/mol. The minimum atomic E-state index is -0.107. The van der Waals surface area contributed by atoms with Gasteiger partial charge in [0.2, 0.25) is 0 Å². The van der Waals surface area contributed by atoms with E-state index in [4.69, 9.17) is 0 Å². The number of methoxy groups -OCH3 is 1. The van der Waals surface area contributed by atoms with Gasteiger partial charge >= 0.3 is 5.97 Å². The van der Waals surface area contributed by atoms with E-state index in [1.54, 1.807) is 0 Å².